The third-order valence-electron chi connectivity index (χ3n) is 1.89. The van der Waals surface area contributed by atoms with Gasteiger partial charge in [0.25, 0.3) is 0 Å². The summed E-state index contributed by atoms with van der Waals surface area (Å²) in [6.07, 6.45) is 3.82. The van der Waals surface area contributed by atoms with Crippen molar-refractivity contribution in [3.63, 3.8) is 0 Å². The van der Waals surface area contributed by atoms with Crippen LogP contribution in [0.25, 0.3) is 0 Å². The van der Waals surface area contributed by atoms with Gasteiger partial charge in [-0.3, -0.25) is 0 Å². The zero-order valence-electron chi connectivity index (χ0n) is 9.41. The Morgan fingerprint density at radius 1 is 1.14 bits per heavy atom. The highest BCUT2D eigenvalue weighted by atomic mass is 16.7. The van der Waals surface area contributed by atoms with Crippen LogP contribution in [0.4, 0.5) is 4.79 Å². The molecule has 4 nitrogen and oxygen atoms in total. The maximum Gasteiger partial charge on any atom is 0.507 e. The first-order valence-electron chi connectivity index (χ1n) is 5.02. The summed E-state index contributed by atoms with van der Waals surface area (Å²) < 4.78 is 9.09. The Bertz CT molecular complexity index is 148. The van der Waals surface area contributed by atoms with Gasteiger partial charge in [0.05, 0.1) is 13.7 Å². The van der Waals surface area contributed by atoms with Gasteiger partial charge in [0.2, 0.25) is 0 Å². The first kappa shape index (κ1) is 13.2. The topological polar surface area (TPSA) is 38.8 Å². The molecule has 84 valence electrons. The molecule has 0 amide bonds. The molecule has 0 spiro atoms. The van der Waals surface area contributed by atoms with Crippen molar-refractivity contribution in [1.29, 1.82) is 0 Å². The lowest BCUT2D eigenvalue weighted by atomic mass is 10.2. The first-order valence-corrected chi connectivity index (χ1v) is 5.02. The Morgan fingerprint density at radius 3 is 2.36 bits per heavy atom. The maximum atomic E-state index is 10.5. The largest absolute Gasteiger partial charge is 0.507 e. The Balaban J connectivity index is 3.03. The molecule has 0 rings (SSSR count). The number of methoxy groups -OCH3 is 1. The molecular formula is C10H21NO3. The van der Waals surface area contributed by atoms with E-state index in [4.69, 9.17) is 4.74 Å². The lowest BCUT2D eigenvalue weighted by Crippen LogP contribution is -2.12. The zero-order valence-corrected chi connectivity index (χ0v) is 9.41. The van der Waals surface area contributed by atoms with Crippen molar-refractivity contribution >= 4 is 6.16 Å². The fraction of sp³-hybridized carbons (Fsp3) is 0.900. The predicted octanol–water partition coefficient (Wildman–Crippen LogP) is 1.89. The second-order valence-electron chi connectivity index (χ2n) is 3.52. The maximum absolute atomic E-state index is 10.5. The normalized spacial score (nSPS) is 10.3. The molecule has 0 radical (unpaired) electrons. The van der Waals surface area contributed by atoms with Gasteiger partial charge in [0.1, 0.15) is 0 Å². The van der Waals surface area contributed by atoms with Gasteiger partial charge in [-0.2, -0.15) is 0 Å². The summed E-state index contributed by atoms with van der Waals surface area (Å²) in [4.78, 5) is 12.7. The van der Waals surface area contributed by atoms with Gasteiger partial charge in [0.15, 0.2) is 0 Å². The molecule has 4 heteroatoms. The third-order valence-corrected chi connectivity index (χ3v) is 1.89. The van der Waals surface area contributed by atoms with Crippen LogP contribution in [-0.2, 0) is 9.47 Å². The molecule has 0 saturated carbocycles. The molecule has 0 fully saturated rings. The van der Waals surface area contributed by atoms with Crippen molar-refractivity contribution in [3.8, 4) is 0 Å². The second kappa shape index (κ2) is 8.81. The van der Waals surface area contributed by atoms with Gasteiger partial charge in [0, 0.05) is 0 Å². The third kappa shape index (κ3) is 9.32. The number of hydrogen-bond acceptors (Lipinski definition) is 4. The van der Waals surface area contributed by atoms with Gasteiger partial charge in [-0.25, -0.2) is 4.79 Å². The van der Waals surface area contributed by atoms with Crippen molar-refractivity contribution in [2.45, 2.75) is 25.7 Å². The van der Waals surface area contributed by atoms with E-state index in [9.17, 15) is 4.79 Å². The SMILES string of the molecule is COC(=O)OCCCCCCN(C)C. The fourth-order valence-corrected chi connectivity index (χ4v) is 1.10. The quantitative estimate of drug-likeness (QED) is 0.468. The van der Waals surface area contributed by atoms with E-state index >= 15 is 0 Å². The van der Waals surface area contributed by atoms with Gasteiger partial charge in [-0.05, 0) is 33.5 Å². The van der Waals surface area contributed by atoms with Crippen LogP contribution in [0.5, 0.6) is 0 Å². The minimum atomic E-state index is -0.585. The lowest BCUT2D eigenvalue weighted by molar-refractivity contribution is 0.0713. The number of ether oxygens (including phenoxy) is 2. The van der Waals surface area contributed by atoms with Crippen LogP contribution >= 0.6 is 0 Å². The fourth-order valence-electron chi connectivity index (χ4n) is 1.10. The summed E-state index contributed by atoms with van der Waals surface area (Å²) in [5.74, 6) is 0. The number of nitrogens with zero attached hydrogens (tertiary/aromatic N) is 1. The number of unbranched alkanes of at least 4 members (excludes halogenated alkanes) is 3. The van der Waals surface area contributed by atoms with Crippen LogP contribution in [0, 0.1) is 0 Å². The highest BCUT2D eigenvalue weighted by Crippen LogP contribution is 2.01. The Morgan fingerprint density at radius 2 is 1.79 bits per heavy atom. The second-order valence-corrected chi connectivity index (χ2v) is 3.52. The average molecular weight is 203 g/mol. The molecule has 0 heterocycles. The van der Waals surface area contributed by atoms with E-state index < -0.39 is 6.16 Å². The van der Waals surface area contributed by atoms with E-state index in [-0.39, 0.29) is 0 Å². The standard InChI is InChI=1S/C10H21NO3/c1-11(2)8-6-4-5-7-9-14-10(12)13-3/h4-9H2,1-3H3. The molecule has 0 N–H and O–H groups in total. The van der Waals surface area contributed by atoms with Gasteiger partial charge < -0.3 is 14.4 Å². The predicted molar refractivity (Wildman–Crippen MR) is 55.4 cm³/mol. The summed E-state index contributed by atoms with van der Waals surface area (Å²) in [5, 5.41) is 0. The molecule has 14 heavy (non-hydrogen) atoms. The van der Waals surface area contributed by atoms with E-state index in [1.54, 1.807) is 0 Å². The molecule has 0 unspecified atom stereocenters. The Labute approximate surface area is 86.2 Å². The van der Waals surface area contributed by atoms with Gasteiger partial charge in [-0.15, -0.1) is 0 Å². The Hall–Kier alpha value is -0.770. The highest BCUT2D eigenvalue weighted by Gasteiger charge is 1.98. The lowest BCUT2D eigenvalue weighted by Gasteiger charge is -2.08. The number of carbonyl (C=O) groups is 1. The molecular weight excluding hydrogens is 182 g/mol. The van der Waals surface area contributed by atoms with Crippen LogP contribution in [0.1, 0.15) is 25.7 Å². The van der Waals surface area contributed by atoms with Crippen LogP contribution in [0.3, 0.4) is 0 Å². The molecule has 0 bridgehead atoms. The van der Waals surface area contributed by atoms with E-state index in [0.29, 0.717) is 6.61 Å². The van der Waals surface area contributed by atoms with E-state index in [0.717, 1.165) is 19.4 Å². The zero-order chi connectivity index (χ0) is 10.8. The van der Waals surface area contributed by atoms with Gasteiger partial charge >= 0.3 is 6.16 Å². The first-order chi connectivity index (χ1) is 6.66. The van der Waals surface area contributed by atoms with Crippen molar-refractivity contribution in [2.24, 2.45) is 0 Å². The molecule has 0 atom stereocenters. The van der Waals surface area contributed by atoms with E-state index in [2.05, 4.69) is 23.7 Å². The molecule has 0 saturated heterocycles. The minimum absolute atomic E-state index is 0.467. The van der Waals surface area contributed by atoms with Crippen molar-refractivity contribution in [1.82, 2.24) is 4.90 Å². The summed E-state index contributed by atoms with van der Waals surface area (Å²) in [5.41, 5.74) is 0. The van der Waals surface area contributed by atoms with Crippen LogP contribution in [-0.4, -0.2) is 45.4 Å². The molecule has 0 aliphatic heterocycles. The molecule has 0 aromatic heterocycles. The minimum Gasteiger partial charge on any atom is -0.438 e. The summed E-state index contributed by atoms with van der Waals surface area (Å²) in [6.45, 7) is 1.59. The average Bonchev–Trinajstić information content (AvgIpc) is 2.15. The smallest absolute Gasteiger partial charge is 0.438 e. The number of carbonyl (C=O) groups excluding carboxylic acids is 1. The summed E-state index contributed by atoms with van der Waals surface area (Å²) >= 11 is 0. The highest BCUT2D eigenvalue weighted by molar-refractivity contribution is 5.59. The summed E-state index contributed by atoms with van der Waals surface area (Å²) in [6, 6.07) is 0. The Kier molecular flexibility index (Phi) is 8.33. The van der Waals surface area contributed by atoms with Crippen molar-refractivity contribution in [2.75, 3.05) is 34.4 Å². The van der Waals surface area contributed by atoms with Crippen LogP contribution in [0.2, 0.25) is 0 Å². The van der Waals surface area contributed by atoms with E-state index in [1.165, 1.54) is 20.0 Å². The number of rotatable bonds is 7. The summed E-state index contributed by atoms with van der Waals surface area (Å²) in [7, 11) is 5.46. The van der Waals surface area contributed by atoms with E-state index in [1.807, 2.05) is 0 Å². The molecule has 0 aromatic carbocycles. The van der Waals surface area contributed by atoms with Crippen LogP contribution in [0.15, 0.2) is 0 Å². The number of hydrogen-bond donors (Lipinski definition) is 0. The molecule has 0 aliphatic rings. The van der Waals surface area contributed by atoms with Gasteiger partial charge in [-0.1, -0.05) is 12.8 Å². The monoisotopic (exact) mass is 203 g/mol. The molecule has 0 aromatic rings. The van der Waals surface area contributed by atoms with Crippen molar-refractivity contribution in [3.05, 3.63) is 0 Å². The van der Waals surface area contributed by atoms with Crippen LogP contribution < -0.4 is 0 Å². The molecule has 0 aliphatic carbocycles. The van der Waals surface area contributed by atoms with Crippen molar-refractivity contribution < 1.29 is 14.3 Å².